The lowest BCUT2D eigenvalue weighted by Gasteiger charge is -2.16. The number of amides is 1. The van der Waals surface area contributed by atoms with Gasteiger partial charge in [0.15, 0.2) is 6.10 Å². The van der Waals surface area contributed by atoms with Gasteiger partial charge in [0.05, 0.1) is 0 Å². The fourth-order valence-electron chi connectivity index (χ4n) is 1.54. The minimum Gasteiger partial charge on any atom is -0.481 e. The van der Waals surface area contributed by atoms with Gasteiger partial charge in [0.25, 0.3) is 5.91 Å². The van der Waals surface area contributed by atoms with Gasteiger partial charge in [0.2, 0.25) is 0 Å². The van der Waals surface area contributed by atoms with E-state index in [0.29, 0.717) is 16.8 Å². The molecule has 0 spiro atoms. The van der Waals surface area contributed by atoms with Gasteiger partial charge >= 0.3 is 0 Å². The van der Waals surface area contributed by atoms with Crippen molar-refractivity contribution in [1.82, 2.24) is 5.32 Å². The summed E-state index contributed by atoms with van der Waals surface area (Å²) in [6, 6.07) is 5.73. The van der Waals surface area contributed by atoms with Crippen LogP contribution in [0.4, 0.5) is 0 Å². The summed E-state index contributed by atoms with van der Waals surface area (Å²) in [6.45, 7) is 3.67. The van der Waals surface area contributed by atoms with E-state index in [1.807, 2.05) is 13.0 Å². The van der Waals surface area contributed by atoms with E-state index in [0.717, 1.165) is 18.4 Å². The topological polar surface area (TPSA) is 38.3 Å². The first-order chi connectivity index (χ1) is 8.06. The van der Waals surface area contributed by atoms with E-state index >= 15 is 0 Å². The summed E-state index contributed by atoms with van der Waals surface area (Å²) in [5.74, 6) is 0.648. The number of nitrogens with one attached hydrogen (secondary N) is 1. The molecule has 3 nitrogen and oxygen atoms in total. The van der Waals surface area contributed by atoms with Crippen LogP contribution in [0.3, 0.4) is 0 Å². The fourth-order valence-corrected chi connectivity index (χ4v) is 1.76. The van der Waals surface area contributed by atoms with Crippen LogP contribution in [0, 0.1) is 6.92 Å². The molecule has 1 aliphatic carbocycles. The molecular weight excluding hydrogens is 238 g/mol. The van der Waals surface area contributed by atoms with Crippen molar-refractivity contribution in [2.75, 3.05) is 0 Å². The van der Waals surface area contributed by atoms with E-state index in [1.165, 1.54) is 0 Å². The number of aryl methyl sites for hydroxylation is 1. The molecule has 1 aromatic carbocycles. The molecule has 0 bridgehead atoms. The van der Waals surface area contributed by atoms with Crippen LogP contribution in [-0.4, -0.2) is 18.1 Å². The third kappa shape index (κ3) is 3.37. The Balaban J connectivity index is 1.96. The Bertz CT molecular complexity index is 429. The summed E-state index contributed by atoms with van der Waals surface area (Å²) < 4.78 is 5.62. The normalized spacial score (nSPS) is 16.4. The van der Waals surface area contributed by atoms with Gasteiger partial charge in [-0.2, -0.15) is 0 Å². The number of ether oxygens (including phenoxy) is 1. The summed E-state index contributed by atoms with van der Waals surface area (Å²) in [4.78, 5) is 11.7. The second kappa shape index (κ2) is 4.96. The molecule has 2 rings (SSSR count). The molecule has 0 aliphatic heterocycles. The Labute approximate surface area is 106 Å². The number of rotatable bonds is 4. The molecule has 92 valence electrons. The van der Waals surface area contributed by atoms with Crippen LogP contribution < -0.4 is 10.1 Å². The lowest BCUT2D eigenvalue weighted by molar-refractivity contribution is -0.127. The van der Waals surface area contributed by atoms with Crippen molar-refractivity contribution in [3.8, 4) is 5.75 Å². The van der Waals surface area contributed by atoms with Gasteiger partial charge in [-0.3, -0.25) is 4.79 Å². The molecule has 0 aromatic heterocycles. The summed E-state index contributed by atoms with van der Waals surface area (Å²) in [6.07, 6.45) is 1.69. The number of carbonyl (C=O) groups excluding carboxylic acids is 1. The summed E-state index contributed by atoms with van der Waals surface area (Å²) in [5, 5.41) is 3.59. The third-order valence-corrected chi connectivity index (χ3v) is 2.97. The number of halogens is 1. The molecule has 17 heavy (non-hydrogen) atoms. The van der Waals surface area contributed by atoms with Gasteiger partial charge in [-0.15, -0.1) is 0 Å². The van der Waals surface area contributed by atoms with Gasteiger partial charge in [-0.25, -0.2) is 0 Å². The van der Waals surface area contributed by atoms with Crippen molar-refractivity contribution in [3.63, 3.8) is 0 Å². The van der Waals surface area contributed by atoms with Crippen LogP contribution in [-0.2, 0) is 4.79 Å². The zero-order chi connectivity index (χ0) is 12.4. The van der Waals surface area contributed by atoms with E-state index in [9.17, 15) is 4.79 Å². The summed E-state index contributed by atoms with van der Waals surface area (Å²) in [7, 11) is 0. The zero-order valence-electron chi connectivity index (χ0n) is 10.00. The molecule has 1 atom stereocenters. The second-order valence-corrected chi connectivity index (χ2v) is 4.89. The van der Waals surface area contributed by atoms with Gasteiger partial charge in [0.1, 0.15) is 5.75 Å². The van der Waals surface area contributed by atoms with Crippen molar-refractivity contribution >= 4 is 17.5 Å². The van der Waals surface area contributed by atoms with E-state index in [-0.39, 0.29) is 5.91 Å². The van der Waals surface area contributed by atoms with E-state index in [2.05, 4.69) is 5.32 Å². The first-order valence-corrected chi connectivity index (χ1v) is 6.17. The van der Waals surface area contributed by atoms with Gasteiger partial charge in [-0.1, -0.05) is 11.6 Å². The molecule has 1 unspecified atom stereocenters. The van der Waals surface area contributed by atoms with Crippen molar-refractivity contribution in [2.24, 2.45) is 0 Å². The average molecular weight is 254 g/mol. The molecule has 1 saturated carbocycles. The minimum atomic E-state index is -0.476. The van der Waals surface area contributed by atoms with Crippen LogP contribution in [0.25, 0.3) is 0 Å². The van der Waals surface area contributed by atoms with E-state index in [4.69, 9.17) is 16.3 Å². The van der Waals surface area contributed by atoms with Gasteiger partial charge in [-0.05, 0) is 50.5 Å². The summed E-state index contributed by atoms with van der Waals surface area (Å²) >= 11 is 5.86. The minimum absolute atomic E-state index is 0.0538. The van der Waals surface area contributed by atoms with Crippen LogP contribution >= 0.6 is 11.6 Å². The van der Waals surface area contributed by atoms with Crippen molar-refractivity contribution in [1.29, 1.82) is 0 Å². The number of benzene rings is 1. The highest BCUT2D eigenvalue weighted by Gasteiger charge is 2.26. The van der Waals surface area contributed by atoms with Crippen LogP contribution in [0.5, 0.6) is 5.75 Å². The van der Waals surface area contributed by atoms with Crippen LogP contribution in [0.2, 0.25) is 5.02 Å². The first kappa shape index (κ1) is 12.2. The predicted octanol–water partition coefficient (Wildman–Crippen LogP) is 2.69. The highest BCUT2D eigenvalue weighted by molar-refractivity contribution is 6.30. The monoisotopic (exact) mass is 253 g/mol. The maximum atomic E-state index is 11.7. The lowest BCUT2D eigenvalue weighted by Crippen LogP contribution is -2.37. The molecule has 1 N–H and O–H groups in total. The Morgan fingerprint density at radius 1 is 1.53 bits per heavy atom. The molecule has 0 heterocycles. The highest BCUT2D eigenvalue weighted by Crippen LogP contribution is 2.23. The average Bonchev–Trinajstić information content (AvgIpc) is 3.06. The Morgan fingerprint density at radius 3 is 2.82 bits per heavy atom. The lowest BCUT2D eigenvalue weighted by atomic mass is 10.2. The molecule has 1 fully saturated rings. The molecule has 0 saturated heterocycles. The standard InChI is InChI=1S/C13H16ClNO2/c1-8-7-10(14)3-6-12(8)17-9(2)13(16)15-11-4-5-11/h3,6-7,9,11H,4-5H2,1-2H3,(H,15,16). The predicted molar refractivity (Wildman–Crippen MR) is 67.4 cm³/mol. The third-order valence-electron chi connectivity index (χ3n) is 2.73. The van der Waals surface area contributed by atoms with E-state index < -0.39 is 6.10 Å². The number of hydrogen-bond acceptors (Lipinski definition) is 2. The Kier molecular flexibility index (Phi) is 3.57. The highest BCUT2D eigenvalue weighted by atomic mass is 35.5. The van der Waals surface area contributed by atoms with Gasteiger partial charge in [0, 0.05) is 11.1 Å². The smallest absolute Gasteiger partial charge is 0.260 e. The number of hydrogen-bond donors (Lipinski definition) is 1. The molecule has 0 radical (unpaired) electrons. The van der Waals surface area contributed by atoms with Gasteiger partial charge < -0.3 is 10.1 Å². The van der Waals surface area contributed by atoms with Crippen LogP contribution in [0.1, 0.15) is 25.3 Å². The van der Waals surface area contributed by atoms with E-state index in [1.54, 1.807) is 19.1 Å². The molecule has 4 heteroatoms. The quantitative estimate of drug-likeness (QED) is 0.896. The van der Waals surface area contributed by atoms with Crippen molar-refractivity contribution in [2.45, 2.75) is 38.8 Å². The SMILES string of the molecule is Cc1cc(Cl)ccc1OC(C)C(=O)NC1CC1. The Morgan fingerprint density at radius 2 is 2.24 bits per heavy atom. The Hall–Kier alpha value is -1.22. The molecule has 1 aliphatic rings. The van der Waals surface area contributed by atoms with Crippen molar-refractivity contribution < 1.29 is 9.53 Å². The fraction of sp³-hybridized carbons (Fsp3) is 0.462. The largest absolute Gasteiger partial charge is 0.481 e. The molecule has 1 amide bonds. The molecule has 1 aromatic rings. The zero-order valence-corrected chi connectivity index (χ0v) is 10.8. The maximum absolute atomic E-state index is 11.7. The number of carbonyl (C=O) groups is 1. The first-order valence-electron chi connectivity index (χ1n) is 5.79. The second-order valence-electron chi connectivity index (χ2n) is 4.45. The van der Waals surface area contributed by atoms with Crippen LogP contribution in [0.15, 0.2) is 18.2 Å². The van der Waals surface area contributed by atoms with Crippen molar-refractivity contribution in [3.05, 3.63) is 28.8 Å². The maximum Gasteiger partial charge on any atom is 0.260 e. The summed E-state index contributed by atoms with van der Waals surface area (Å²) in [5.41, 5.74) is 0.934. The molecular formula is C13H16ClNO2.